The van der Waals surface area contributed by atoms with Crippen LogP contribution in [0, 0.1) is 26.7 Å². The maximum absolute atomic E-state index is 13.0. The number of likely N-dealkylation sites (tertiary alicyclic amines) is 1. The number of carbonyl (C=O) groups excluding carboxylic acids is 1. The third kappa shape index (κ3) is 3.00. The van der Waals surface area contributed by atoms with E-state index in [0.717, 1.165) is 30.7 Å². The first kappa shape index (κ1) is 16.9. The van der Waals surface area contributed by atoms with Crippen LogP contribution in [0.5, 0.6) is 0 Å². The van der Waals surface area contributed by atoms with Gasteiger partial charge in [0.15, 0.2) is 0 Å². The summed E-state index contributed by atoms with van der Waals surface area (Å²) in [5.41, 5.74) is 2.28. The van der Waals surface area contributed by atoms with Crippen LogP contribution in [0.1, 0.15) is 60.7 Å². The number of carbonyl (C=O) groups is 1. The smallest absolute Gasteiger partial charge is 0.274 e. The maximum Gasteiger partial charge on any atom is 0.274 e. The van der Waals surface area contributed by atoms with Gasteiger partial charge in [-0.2, -0.15) is 0 Å². The predicted molar refractivity (Wildman–Crippen MR) is 85.8 cm³/mol. The van der Waals surface area contributed by atoms with E-state index in [1.807, 2.05) is 25.7 Å². The van der Waals surface area contributed by atoms with E-state index in [4.69, 9.17) is 0 Å². The predicted octanol–water partition coefficient (Wildman–Crippen LogP) is 2.42. The van der Waals surface area contributed by atoms with Crippen LogP contribution >= 0.6 is 0 Å². The Bertz CT molecular complexity index is 571. The van der Waals surface area contributed by atoms with E-state index >= 15 is 0 Å². The Hall–Kier alpha value is -1.49. The van der Waals surface area contributed by atoms with Crippen molar-refractivity contribution >= 4 is 5.91 Å². The molecule has 1 atom stereocenters. The van der Waals surface area contributed by atoms with Crippen molar-refractivity contribution in [2.24, 2.45) is 5.92 Å². The van der Waals surface area contributed by atoms with Crippen LogP contribution in [0.4, 0.5) is 0 Å². The molecule has 0 saturated carbocycles. The van der Waals surface area contributed by atoms with Crippen LogP contribution in [0.15, 0.2) is 0 Å². The number of hydrogen-bond donors (Lipinski definition) is 1. The van der Waals surface area contributed by atoms with E-state index in [1.165, 1.54) is 0 Å². The van der Waals surface area contributed by atoms with E-state index in [9.17, 15) is 9.90 Å². The molecule has 122 valence electrons. The molecule has 1 saturated heterocycles. The second-order valence-electron chi connectivity index (χ2n) is 6.87. The van der Waals surface area contributed by atoms with Gasteiger partial charge in [-0.3, -0.25) is 9.78 Å². The van der Waals surface area contributed by atoms with Crippen molar-refractivity contribution in [1.29, 1.82) is 0 Å². The Kier molecular flexibility index (Phi) is 4.85. The Morgan fingerprint density at radius 3 is 2.45 bits per heavy atom. The highest BCUT2D eigenvalue weighted by Crippen LogP contribution is 2.36. The summed E-state index contributed by atoms with van der Waals surface area (Å²) in [7, 11) is 0. The molecule has 1 amide bonds. The largest absolute Gasteiger partial charge is 0.394 e. The summed E-state index contributed by atoms with van der Waals surface area (Å²) in [6.45, 7) is 10.5. The van der Waals surface area contributed by atoms with Gasteiger partial charge in [0.05, 0.1) is 29.2 Å². The molecule has 5 heteroatoms. The molecule has 1 N–H and O–H groups in total. The Morgan fingerprint density at radius 1 is 1.23 bits per heavy atom. The number of aliphatic hydroxyl groups is 1. The Morgan fingerprint density at radius 2 is 1.86 bits per heavy atom. The van der Waals surface area contributed by atoms with Gasteiger partial charge in [0, 0.05) is 6.54 Å². The quantitative estimate of drug-likeness (QED) is 0.927. The first-order valence-corrected chi connectivity index (χ1v) is 8.05. The minimum Gasteiger partial charge on any atom is -0.394 e. The average molecular weight is 305 g/mol. The first-order chi connectivity index (χ1) is 10.3. The van der Waals surface area contributed by atoms with Crippen molar-refractivity contribution < 1.29 is 9.90 Å². The molecule has 0 radical (unpaired) electrons. The van der Waals surface area contributed by atoms with Gasteiger partial charge in [-0.05, 0) is 46.0 Å². The fourth-order valence-corrected chi connectivity index (χ4v) is 3.50. The number of rotatable bonds is 4. The summed E-state index contributed by atoms with van der Waals surface area (Å²) in [6, 6.07) is 0. The lowest BCUT2D eigenvalue weighted by molar-refractivity contribution is 0.0326. The summed E-state index contributed by atoms with van der Waals surface area (Å²) in [5, 5.41) is 9.97. The Labute approximate surface area is 132 Å². The molecule has 1 fully saturated rings. The summed E-state index contributed by atoms with van der Waals surface area (Å²) in [6.07, 6.45) is 2.59. The summed E-state index contributed by atoms with van der Waals surface area (Å²) < 4.78 is 0. The monoisotopic (exact) mass is 305 g/mol. The number of nitrogens with zero attached hydrogens (tertiary/aromatic N) is 3. The van der Waals surface area contributed by atoms with Crippen LogP contribution in [0.25, 0.3) is 0 Å². The SMILES string of the molecule is Cc1nc(C)c(C(=O)N2CCCC2(CO)CC(C)C)nc1C. The lowest BCUT2D eigenvalue weighted by atomic mass is 9.87. The average Bonchev–Trinajstić information content (AvgIpc) is 2.85. The number of aromatic nitrogens is 2. The molecule has 1 aliphatic rings. The van der Waals surface area contributed by atoms with E-state index in [-0.39, 0.29) is 12.5 Å². The third-order valence-corrected chi connectivity index (χ3v) is 4.61. The van der Waals surface area contributed by atoms with E-state index in [2.05, 4.69) is 23.8 Å². The molecular weight excluding hydrogens is 278 g/mol. The molecule has 0 bridgehead atoms. The highest BCUT2D eigenvalue weighted by molar-refractivity contribution is 5.94. The standard InChI is InChI=1S/C17H27N3O2/c1-11(2)9-17(10-21)7-6-8-20(17)16(22)15-14(5)18-12(3)13(4)19-15/h11,21H,6-10H2,1-5H3. The number of aliphatic hydroxyl groups excluding tert-OH is 1. The van der Waals surface area contributed by atoms with Crippen LogP contribution in [-0.2, 0) is 0 Å². The molecule has 1 aromatic rings. The molecule has 0 aromatic carbocycles. The fourth-order valence-electron chi connectivity index (χ4n) is 3.50. The van der Waals surface area contributed by atoms with E-state index in [0.29, 0.717) is 23.9 Å². The molecule has 0 spiro atoms. The molecule has 5 nitrogen and oxygen atoms in total. The minimum atomic E-state index is -0.446. The van der Waals surface area contributed by atoms with Crippen LogP contribution in [0.3, 0.4) is 0 Å². The maximum atomic E-state index is 13.0. The van der Waals surface area contributed by atoms with Gasteiger partial charge in [-0.25, -0.2) is 4.98 Å². The van der Waals surface area contributed by atoms with Crippen LogP contribution in [0.2, 0.25) is 0 Å². The molecule has 1 aliphatic heterocycles. The molecule has 22 heavy (non-hydrogen) atoms. The molecule has 1 unspecified atom stereocenters. The van der Waals surface area contributed by atoms with Crippen molar-refractivity contribution in [3.05, 3.63) is 22.8 Å². The molecule has 2 rings (SSSR count). The molecule has 2 heterocycles. The fraction of sp³-hybridized carbons (Fsp3) is 0.706. The Balaban J connectivity index is 2.37. The lowest BCUT2D eigenvalue weighted by Gasteiger charge is -2.38. The number of aryl methyl sites for hydroxylation is 3. The van der Waals surface area contributed by atoms with Gasteiger partial charge in [0.1, 0.15) is 5.69 Å². The van der Waals surface area contributed by atoms with Crippen molar-refractivity contribution in [2.45, 2.75) is 59.4 Å². The highest BCUT2D eigenvalue weighted by atomic mass is 16.3. The van der Waals surface area contributed by atoms with Gasteiger partial charge < -0.3 is 10.0 Å². The second-order valence-corrected chi connectivity index (χ2v) is 6.87. The van der Waals surface area contributed by atoms with Gasteiger partial charge in [0.25, 0.3) is 5.91 Å². The van der Waals surface area contributed by atoms with Crippen molar-refractivity contribution in [1.82, 2.24) is 14.9 Å². The van der Waals surface area contributed by atoms with Crippen molar-refractivity contribution in [3.8, 4) is 0 Å². The second kappa shape index (κ2) is 6.32. The minimum absolute atomic E-state index is 0.00817. The summed E-state index contributed by atoms with van der Waals surface area (Å²) in [4.78, 5) is 23.7. The van der Waals surface area contributed by atoms with Gasteiger partial charge >= 0.3 is 0 Å². The third-order valence-electron chi connectivity index (χ3n) is 4.61. The molecule has 0 aliphatic carbocycles. The van der Waals surface area contributed by atoms with E-state index < -0.39 is 5.54 Å². The molecule has 1 aromatic heterocycles. The van der Waals surface area contributed by atoms with E-state index in [1.54, 1.807) is 0 Å². The first-order valence-electron chi connectivity index (χ1n) is 8.05. The number of amides is 1. The van der Waals surface area contributed by atoms with Crippen LogP contribution < -0.4 is 0 Å². The van der Waals surface area contributed by atoms with Gasteiger partial charge in [-0.1, -0.05) is 13.8 Å². The summed E-state index contributed by atoms with van der Waals surface area (Å²) in [5.74, 6) is 0.327. The van der Waals surface area contributed by atoms with Gasteiger partial charge in [0.2, 0.25) is 0 Å². The van der Waals surface area contributed by atoms with Crippen molar-refractivity contribution in [2.75, 3.05) is 13.2 Å². The van der Waals surface area contributed by atoms with Crippen LogP contribution in [-0.4, -0.2) is 44.6 Å². The highest BCUT2D eigenvalue weighted by Gasteiger charge is 2.44. The zero-order valence-electron chi connectivity index (χ0n) is 14.3. The summed E-state index contributed by atoms with van der Waals surface area (Å²) >= 11 is 0. The lowest BCUT2D eigenvalue weighted by Crippen LogP contribution is -2.51. The zero-order chi connectivity index (χ0) is 16.5. The molecular formula is C17H27N3O2. The van der Waals surface area contributed by atoms with Gasteiger partial charge in [-0.15, -0.1) is 0 Å². The topological polar surface area (TPSA) is 66.3 Å². The number of hydrogen-bond acceptors (Lipinski definition) is 4. The zero-order valence-corrected chi connectivity index (χ0v) is 14.3. The normalized spacial score (nSPS) is 21.7. The van der Waals surface area contributed by atoms with Crippen molar-refractivity contribution in [3.63, 3.8) is 0 Å².